The van der Waals surface area contributed by atoms with Gasteiger partial charge < -0.3 is 9.74 Å². The van der Waals surface area contributed by atoms with Crippen LogP contribution in [0.5, 0.6) is 0 Å². The van der Waals surface area contributed by atoms with Crippen LogP contribution in [-0.4, -0.2) is 64.1 Å². The Balaban J connectivity index is 1.64. The van der Waals surface area contributed by atoms with Crippen LogP contribution in [0, 0.1) is 0 Å². The Morgan fingerprint density at radius 1 is 1.32 bits per heavy atom. The molecule has 3 heterocycles. The van der Waals surface area contributed by atoms with Crippen molar-refractivity contribution in [3.63, 3.8) is 0 Å². The van der Waals surface area contributed by atoms with E-state index in [4.69, 9.17) is 9.39 Å². The minimum absolute atomic E-state index is 0.0328. The van der Waals surface area contributed by atoms with Crippen molar-refractivity contribution in [1.82, 2.24) is 25.2 Å². The molecule has 0 radical (unpaired) electrons. The molecular weight excluding hydrogens is 432 g/mol. The van der Waals surface area contributed by atoms with Gasteiger partial charge in [-0.2, -0.15) is 18.6 Å². The number of hydrogen-bond donors (Lipinski definition) is 2. The first-order valence-corrected chi connectivity index (χ1v) is 10.4. The molecule has 2 bridgehead atoms. The fourth-order valence-corrected chi connectivity index (χ4v) is 4.03. The molecule has 1 saturated heterocycles. The van der Waals surface area contributed by atoms with Crippen LogP contribution in [0.3, 0.4) is 0 Å². The Labute approximate surface area is 176 Å². The summed E-state index contributed by atoms with van der Waals surface area (Å²) in [5.74, 6) is -0.556. The van der Waals surface area contributed by atoms with Gasteiger partial charge in [-0.15, -0.1) is 4.28 Å². The molecule has 2 N–H and O–H groups in total. The van der Waals surface area contributed by atoms with E-state index >= 15 is 0 Å². The highest BCUT2D eigenvalue weighted by Crippen LogP contribution is 2.44. The lowest BCUT2D eigenvalue weighted by atomic mass is 9.97. The number of aryl methyl sites for hydroxylation is 1. The number of rotatable bonds is 4. The lowest BCUT2D eigenvalue weighted by Gasteiger charge is -2.31. The van der Waals surface area contributed by atoms with Gasteiger partial charge in [0.05, 0.1) is 24.0 Å². The van der Waals surface area contributed by atoms with Gasteiger partial charge in [-0.1, -0.05) is 18.2 Å². The zero-order chi connectivity index (χ0) is 22.3. The molecule has 0 spiro atoms. The van der Waals surface area contributed by atoms with Crippen molar-refractivity contribution in [3.05, 3.63) is 53.3 Å². The average molecular weight is 450 g/mol. The van der Waals surface area contributed by atoms with Crippen molar-refractivity contribution in [2.45, 2.75) is 12.1 Å². The predicted octanol–water partition coefficient (Wildman–Crippen LogP) is 0.378. The smallest absolute Gasteiger partial charge is 0.337 e. The summed E-state index contributed by atoms with van der Waals surface area (Å²) in [6, 6.07) is 5.75. The number of nitrogens with zero attached hydrogens (tertiary/aromatic N) is 5. The zero-order valence-electron chi connectivity index (χ0n) is 16.4. The summed E-state index contributed by atoms with van der Waals surface area (Å²) in [6.07, 6.45) is 1.46. The lowest BCUT2D eigenvalue weighted by molar-refractivity contribution is -0.0316. The fraction of sp³-hybridized carbons (Fsp3) is 0.294. The SMILES string of the molecule is CN=C(NOC(=O)c1ccccc1)[C@@H]1c2c(cnn2C)[C@@H]2CN1C(=O)N2OS(=O)(=O)O. The molecule has 2 aliphatic heterocycles. The lowest BCUT2D eigenvalue weighted by Crippen LogP contribution is -2.45. The molecule has 1 aromatic carbocycles. The first-order chi connectivity index (χ1) is 14.7. The Bertz CT molecular complexity index is 1160. The monoisotopic (exact) mass is 450 g/mol. The highest BCUT2D eigenvalue weighted by atomic mass is 32.3. The number of carbonyl (C=O) groups is 2. The van der Waals surface area contributed by atoms with Gasteiger partial charge in [0.15, 0.2) is 5.84 Å². The van der Waals surface area contributed by atoms with Crippen molar-refractivity contribution >= 4 is 28.2 Å². The van der Waals surface area contributed by atoms with Gasteiger partial charge >= 0.3 is 22.4 Å². The van der Waals surface area contributed by atoms with Gasteiger partial charge in [0.1, 0.15) is 12.1 Å². The summed E-state index contributed by atoms with van der Waals surface area (Å²) in [4.78, 5) is 35.7. The predicted molar refractivity (Wildman–Crippen MR) is 104 cm³/mol. The zero-order valence-corrected chi connectivity index (χ0v) is 17.2. The molecule has 164 valence electrons. The van der Waals surface area contributed by atoms with Gasteiger partial charge in [0.2, 0.25) is 0 Å². The molecule has 14 heteroatoms. The number of aliphatic imine (C=N–C) groups is 1. The number of aromatic nitrogens is 2. The number of hydrogen-bond acceptors (Lipinski definition) is 8. The minimum atomic E-state index is -4.93. The molecule has 2 atom stereocenters. The molecule has 1 fully saturated rings. The molecule has 0 unspecified atom stereocenters. The molecule has 0 aliphatic carbocycles. The summed E-state index contributed by atoms with van der Waals surface area (Å²) in [6.45, 7) is 0.0328. The van der Waals surface area contributed by atoms with E-state index in [-0.39, 0.29) is 12.4 Å². The highest BCUT2D eigenvalue weighted by Gasteiger charge is 2.53. The van der Waals surface area contributed by atoms with Crippen LogP contribution in [-0.2, 0) is 26.6 Å². The average Bonchev–Trinajstić information content (AvgIpc) is 3.24. The maximum atomic E-state index is 12.9. The van der Waals surface area contributed by atoms with Crippen LogP contribution < -0.4 is 5.48 Å². The van der Waals surface area contributed by atoms with Gasteiger partial charge in [-0.25, -0.2) is 15.1 Å². The van der Waals surface area contributed by atoms with Crippen LogP contribution in [0.25, 0.3) is 0 Å². The van der Waals surface area contributed by atoms with E-state index in [0.717, 1.165) is 0 Å². The van der Waals surface area contributed by atoms with E-state index in [2.05, 4.69) is 19.9 Å². The first-order valence-electron chi connectivity index (χ1n) is 8.98. The number of benzene rings is 1. The Kier molecular flexibility index (Phi) is 5.12. The summed E-state index contributed by atoms with van der Waals surface area (Å²) in [5, 5.41) is 4.75. The van der Waals surface area contributed by atoms with E-state index < -0.39 is 34.5 Å². The van der Waals surface area contributed by atoms with E-state index in [0.29, 0.717) is 21.9 Å². The number of amides is 2. The maximum Gasteiger partial charge on any atom is 0.418 e. The molecule has 2 aromatic rings. The second kappa shape index (κ2) is 7.64. The van der Waals surface area contributed by atoms with Crippen LogP contribution in [0.15, 0.2) is 41.5 Å². The summed E-state index contributed by atoms with van der Waals surface area (Å²) >= 11 is 0. The highest BCUT2D eigenvalue weighted by molar-refractivity contribution is 7.80. The number of urea groups is 1. The normalized spacial score (nSPS) is 20.6. The van der Waals surface area contributed by atoms with Crippen molar-refractivity contribution in [2.24, 2.45) is 12.0 Å². The third-order valence-electron chi connectivity index (χ3n) is 4.96. The van der Waals surface area contributed by atoms with Gasteiger partial charge in [-0.05, 0) is 12.1 Å². The number of carbonyl (C=O) groups excluding carboxylic acids is 2. The second-order valence-electron chi connectivity index (χ2n) is 6.76. The minimum Gasteiger partial charge on any atom is -0.337 e. The fourth-order valence-electron chi connectivity index (χ4n) is 3.66. The van der Waals surface area contributed by atoms with Crippen molar-refractivity contribution in [3.8, 4) is 0 Å². The Morgan fingerprint density at radius 2 is 2.03 bits per heavy atom. The van der Waals surface area contributed by atoms with Gasteiger partial charge in [-0.3, -0.25) is 14.2 Å². The topological polar surface area (TPSA) is 156 Å². The van der Waals surface area contributed by atoms with Crippen LogP contribution in [0.4, 0.5) is 4.79 Å². The standard InChI is InChI=1S/C17H18N6O7S/c1-18-15(20-29-16(24)10-6-4-3-5-7-10)14-13-11(8-19-21(13)2)12-9-22(14)17(25)23(12)30-31(26,27)28/h3-8,12,14H,9H2,1-2H3,(H,18,20)(H,26,27,28)/t12-,14-/m0/s1. The van der Waals surface area contributed by atoms with Crippen LogP contribution >= 0.6 is 0 Å². The van der Waals surface area contributed by atoms with E-state index in [1.54, 1.807) is 37.4 Å². The van der Waals surface area contributed by atoms with Crippen LogP contribution in [0.1, 0.15) is 33.7 Å². The quantitative estimate of drug-likeness (QED) is 0.291. The molecule has 2 amide bonds. The molecule has 13 nitrogen and oxygen atoms in total. The van der Waals surface area contributed by atoms with Gasteiger partial charge in [0, 0.05) is 19.7 Å². The number of nitrogens with one attached hydrogen (secondary N) is 1. The summed E-state index contributed by atoms with van der Waals surface area (Å²) in [7, 11) is -1.86. The number of amidine groups is 1. The molecule has 4 rings (SSSR count). The molecule has 2 aliphatic rings. The molecule has 0 saturated carbocycles. The molecule has 31 heavy (non-hydrogen) atoms. The van der Waals surface area contributed by atoms with E-state index in [9.17, 15) is 18.0 Å². The molecule has 1 aromatic heterocycles. The van der Waals surface area contributed by atoms with Crippen molar-refractivity contribution in [1.29, 1.82) is 0 Å². The Hall–Kier alpha value is -3.49. The van der Waals surface area contributed by atoms with Crippen LogP contribution in [0.2, 0.25) is 0 Å². The van der Waals surface area contributed by atoms with Crippen molar-refractivity contribution < 1.29 is 31.7 Å². The largest absolute Gasteiger partial charge is 0.418 e. The number of fused-ring (bicyclic) bond motifs is 4. The maximum absolute atomic E-state index is 12.9. The third kappa shape index (κ3) is 3.71. The summed E-state index contributed by atoms with van der Waals surface area (Å²) < 4.78 is 37.5. The first kappa shape index (κ1) is 20.8. The van der Waals surface area contributed by atoms with E-state index in [1.165, 1.54) is 22.8 Å². The van der Waals surface area contributed by atoms with Gasteiger partial charge in [0.25, 0.3) is 0 Å². The second-order valence-corrected chi connectivity index (χ2v) is 7.76. The third-order valence-corrected chi connectivity index (χ3v) is 5.31. The Morgan fingerprint density at radius 3 is 2.68 bits per heavy atom. The number of hydroxylamine groups is 3. The van der Waals surface area contributed by atoms with Crippen molar-refractivity contribution in [2.75, 3.05) is 13.6 Å². The molecular formula is C17H18N6O7S. The van der Waals surface area contributed by atoms with E-state index in [1.807, 2.05) is 0 Å². The summed E-state index contributed by atoms with van der Waals surface area (Å²) in [5.41, 5.74) is 3.81.